The maximum atomic E-state index is 12.9. The lowest BCUT2D eigenvalue weighted by atomic mass is 10.0. The van der Waals surface area contributed by atoms with Gasteiger partial charge in [-0.25, -0.2) is 4.39 Å². The lowest BCUT2D eigenvalue weighted by Crippen LogP contribution is -2.51. The topological polar surface area (TPSA) is 86.7 Å². The molecule has 2 N–H and O–H groups in total. The predicted octanol–water partition coefficient (Wildman–Crippen LogP) is 1.90. The van der Waals surface area contributed by atoms with Crippen LogP contribution in [-0.2, 0) is 9.59 Å². The molecule has 2 amide bonds. The zero-order valence-corrected chi connectivity index (χ0v) is 14.1. The second-order valence-corrected chi connectivity index (χ2v) is 5.76. The number of carboxylic acid groups (broad SMARTS) is 1. The third-order valence-corrected chi connectivity index (χ3v) is 3.61. The highest BCUT2D eigenvalue weighted by Gasteiger charge is 2.28. The standard InChI is InChI=1S/C17H23FN2O4/c1-4-20(10-9-14(21)22)17(24)15(11(2)3)19-16(23)12-5-7-13(18)8-6-12/h5-8,11,15H,4,9-10H2,1-3H3,(H,19,23)(H,21,22). The smallest absolute Gasteiger partial charge is 0.305 e. The molecule has 0 aromatic heterocycles. The molecule has 0 bridgehead atoms. The van der Waals surface area contributed by atoms with E-state index in [1.54, 1.807) is 20.8 Å². The first-order valence-electron chi connectivity index (χ1n) is 7.83. The molecule has 0 aliphatic carbocycles. The van der Waals surface area contributed by atoms with Crippen LogP contribution < -0.4 is 5.32 Å². The van der Waals surface area contributed by atoms with Crippen molar-refractivity contribution in [3.05, 3.63) is 35.6 Å². The molecule has 1 aromatic rings. The van der Waals surface area contributed by atoms with Crippen LogP contribution >= 0.6 is 0 Å². The van der Waals surface area contributed by atoms with Crippen molar-refractivity contribution in [3.8, 4) is 0 Å². The zero-order valence-electron chi connectivity index (χ0n) is 14.1. The second-order valence-electron chi connectivity index (χ2n) is 5.76. The average molecular weight is 338 g/mol. The summed E-state index contributed by atoms with van der Waals surface area (Å²) >= 11 is 0. The molecule has 0 aliphatic heterocycles. The van der Waals surface area contributed by atoms with Crippen molar-refractivity contribution in [2.45, 2.75) is 33.2 Å². The van der Waals surface area contributed by atoms with Crippen molar-refractivity contribution >= 4 is 17.8 Å². The van der Waals surface area contributed by atoms with Gasteiger partial charge in [-0.05, 0) is 37.1 Å². The van der Waals surface area contributed by atoms with E-state index >= 15 is 0 Å². The van der Waals surface area contributed by atoms with Gasteiger partial charge in [0, 0.05) is 18.7 Å². The van der Waals surface area contributed by atoms with Gasteiger partial charge in [0.1, 0.15) is 11.9 Å². The molecule has 0 radical (unpaired) electrons. The summed E-state index contributed by atoms with van der Waals surface area (Å²) < 4.78 is 12.9. The van der Waals surface area contributed by atoms with Gasteiger partial charge in [-0.1, -0.05) is 13.8 Å². The number of carboxylic acids is 1. The van der Waals surface area contributed by atoms with Crippen LogP contribution in [-0.4, -0.2) is 46.9 Å². The van der Waals surface area contributed by atoms with Crippen molar-refractivity contribution < 1.29 is 23.9 Å². The van der Waals surface area contributed by atoms with E-state index < -0.39 is 23.7 Å². The Morgan fingerprint density at radius 2 is 1.79 bits per heavy atom. The minimum Gasteiger partial charge on any atom is -0.481 e. The molecule has 0 heterocycles. The van der Waals surface area contributed by atoms with Gasteiger partial charge >= 0.3 is 5.97 Å². The van der Waals surface area contributed by atoms with E-state index in [0.29, 0.717) is 6.54 Å². The number of hydrogen-bond acceptors (Lipinski definition) is 3. The molecular weight excluding hydrogens is 315 g/mol. The Morgan fingerprint density at radius 3 is 2.25 bits per heavy atom. The zero-order chi connectivity index (χ0) is 18.3. The van der Waals surface area contributed by atoms with Gasteiger partial charge in [0.25, 0.3) is 5.91 Å². The molecule has 7 heteroatoms. The normalized spacial score (nSPS) is 11.9. The highest BCUT2D eigenvalue weighted by atomic mass is 19.1. The van der Waals surface area contributed by atoms with E-state index in [1.165, 1.54) is 29.2 Å². The molecule has 1 rings (SSSR count). The van der Waals surface area contributed by atoms with E-state index in [9.17, 15) is 18.8 Å². The highest BCUT2D eigenvalue weighted by Crippen LogP contribution is 2.10. The first-order chi connectivity index (χ1) is 11.3. The van der Waals surface area contributed by atoms with Crippen molar-refractivity contribution in [3.63, 3.8) is 0 Å². The molecule has 1 aromatic carbocycles. The van der Waals surface area contributed by atoms with Crippen molar-refractivity contribution in [2.75, 3.05) is 13.1 Å². The monoisotopic (exact) mass is 338 g/mol. The molecule has 0 saturated heterocycles. The summed E-state index contributed by atoms with van der Waals surface area (Å²) in [4.78, 5) is 37.0. The van der Waals surface area contributed by atoms with Crippen LogP contribution in [0.25, 0.3) is 0 Å². The molecule has 1 atom stereocenters. The Balaban J connectivity index is 2.84. The van der Waals surface area contributed by atoms with E-state index in [0.717, 1.165) is 0 Å². The summed E-state index contributed by atoms with van der Waals surface area (Å²) in [5.74, 6) is -2.42. The van der Waals surface area contributed by atoms with Crippen LogP contribution in [0.2, 0.25) is 0 Å². The molecule has 0 aliphatic rings. The Morgan fingerprint density at radius 1 is 1.21 bits per heavy atom. The minimum absolute atomic E-state index is 0.0836. The number of aliphatic carboxylic acids is 1. The number of halogens is 1. The van der Waals surface area contributed by atoms with E-state index in [2.05, 4.69) is 5.32 Å². The van der Waals surface area contributed by atoms with E-state index in [1.807, 2.05) is 0 Å². The van der Waals surface area contributed by atoms with Crippen molar-refractivity contribution in [1.82, 2.24) is 10.2 Å². The van der Waals surface area contributed by atoms with E-state index in [4.69, 9.17) is 5.11 Å². The fourth-order valence-electron chi connectivity index (χ4n) is 2.19. The number of nitrogens with zero attached hydrogens (tertiary/aromatic N) is 1. The lowest BCUT2D eigenvalue weighted by Gasteiger charge is -2.28. The minimum atomic E-state index is -0.988. The Labute approximate surface area is 140 Å². The average Bonchev–Trinajstić information content (AvgIpc) is 2.52. The van der Waals surface area contributed by atoms with Gasteiger partial charge in [-0.3, -0.25) is 14.4 Å². The van der Waals surface area contributed by atoms with Gasteiger partial charge in [0.05, 0.1) is 6.42 Å². The van der Waals surface area contributed by atoms with E-state index in [-0.39, 0.29) is 30.4 Å². The molecule has 1 unspecified atom stereocenters. The SMILES string of the molecule is CCN(CCC(=O)O)C(=O)C(NC(=O)c1ccc(F)cc1)C(C)C. The van der Waals surface area contributed by atoms with Gasteiger partial charge in [-0.2, -0.15) is 0 Å². The molecular formula is C17H23FN2O4. The Bertz CT molecular complexity index is 587. The molecule has 0 spiro atoms. The molecule has 24 heavy (non-hydrogen) atoms. The summed E-state index contributed by atoms with van der Waals surface area (Å²) in [6.45, 7) is 5.76. The lowest BCUT2D eigenvalue weighted by molar-refractivity contribution is -0.139. The highest BCUT2D eigenvalue weighted by molar-refractivity contribution is 5.97. The number of nitrogens with one attached hydrogen (secondary N) is 1. The van der Waals surface area contributed by atoms with Crippen LogP contribution in [0.5, 0.6) is 0 Å². The van der Waals surface area contributed by atoms with Crippen LogP contribution in [0.3, 0.4) is 0 Å². The fraction of sp³-hybridized carbons (Fsp3) is 0.471. The van der Waals surface area contributed by atoms with Gasteiger partial charge in [0.2, 0.25) is 5.91 Å². The Hall–Kier alpha value is -2.44. The molecule has 0 saturated carbocycles. The predicted molar refractivity (Wildman–Crippen MR) is 87.0 cm³/mol. The first-order valence-corrected chi connectivity index (χ1v) is 7.83. The largest absolute Gasteiger partial charge is 0.481 e. The summed E-state index contributed by atoms with van der Waals surface area (Å²) in [6.07, 6.45) is -0.156. The summed E-state index contributed by atoms with van der Waals surface area (Å²) in [5.41, 5.74) is 0.253. The van der Waals surface area contributed by atoms with Crippen LogP contribution in [0, 0.1) is 11.7 Å². The number of hydrogen-bond donors (Lipinski definition) is 2. The summed E-state index contributed by atoms with van der Waals surface area (Å²) in [6, 6.07) is 4.25. The van der Waals surface area contributed by atoms with Crippen molar-refractivity contribution in [2.24, 2.45) is 5.92 Å². The van der Waals surface area contributed by atoms with Gasteiger partial charge < -0.3 is 15.3 Å². The first kappa shape index (κ1) is 19.6. The number of carbonyl (C=O) groups excluding carboxylic acids is 2. The Kier molecular flexibility index (Phi) is 7.35. The third kappa shape index (κ3) is 5.64. The molecule has 132 valence electrons. The van der Waals surface area contributed by atoms with Crippen LogP contribution in [0.4, 0.5) is 4.39 Å². The number of benzene rings is 1. The number of carbonyl (C=O) groups is 3. The molecule has 6 nitrogen and oxygen atoms in total. The van der Waals surface area contributed by atoms with Crippen LogP contribution in [0.15, 0.2) is 24.3 Å². The number of likely N-dealkylation sites (N-methyl/N-ethyl adjacent to an activating group) is 1. The quantitative estimate of drug-likeness (QED) is 0.758. The number of rotatable bonds is 8. The molecule has 0 fully saturated rings. The maximum absolute atomic E-state index is 12.9. The van der Waals surface area contributed by atoms with Crippen LogP contribution in [0.1, 0.15) is 37.6 Å². The maximum Gasteiger partial charge on any atom is 0.305 e. The van der Waals surface area contributed by atoms with Gasteiger partial charge in [-0.15, -0.1) is 0 Å². The third-order valence-electron chi connectivity index (χ3n) is 3.61. The fourth-order valence-corrected chi connectivity index (χ4v) is 2.19. The number of amides is 2. The summed E-state index contributed by atoms with van der Waals surface area (Å²) in [5, 5.41) is 11.4. The summed E-state index contributed by atoms with van der Waals surface area (Å²) in [7, 11) is 0. The second kappa shape index (κ2) is 9.00. The van der Waals surface area contributed by atoms with Crippen molar-refractivity contribution in [1.29, 1.82) is 0 Å². The van der Waals surface area contributed by atoms with Gasteiger partial charge in [0.15, 0.2) is 0 Å².